The van der Waals surface area contributed by atoms with Crippen molar-refractivity contribution >= 4 is 0 Å². The molecular formula is C17H24N2. The average Bonchev–Trinajstić information content (AvgIpc) is 2.83. The van der Waals surface area contributed by atoms with Crippen LogP contribution >= 0.6 is 0 Å². The number of fused-ring (bicyclic) bond motifs is 2. The normalized spacial score (nSPS) is 34.7. The van der Waals surface area contributed by atoms with Crippen LogP contribution in [0.2, 0.25) is 0 Å². The molecule has 0 amide bonds. The molecule has 1 aromatic rings. The Morgan fingerprint density at radius 1 is 1.21 bits per heavy atom. The third-order valence-corrected chi connectivity index (χ3v) is 5.48. The van der Waals surface area contributed by atoms with E-state index in [-0.39, 0.29) is 0 Å². The minimum atomic E-state index is 0.738. The van der Waals surface area contributed by atoms with Gasteiger partial charge in [-0.3, -0.25) is 9.80 Å². The molecule has 0 N–H and O–H groups in total. The minimum Gasteiger partial charge on any atom is -0.298 e. The summed E-state index contributed by atoms with van der Waals surface area (Å²) >= 11 is 0. The van der Waals surface area contributed by atoms with Crippen LogP contribution in [0.1, 0.15) is 36.8 Å². The van der Waals surface area contributed by atoms with Crippen LogP contribution < -0.4 is 0 Å². The summed E-state index contributed by atoms with van der Waals surface area (Å²) in [4.78, 5) is 5.48. The van der Waals surface area contributed by atoms with Gasteiger partial charge in [0.25, 0.3) is 0 Å². The Labute approximate surface area is 116 Å². The molecule has 3 aliphatic rings. The molecule has 3 unspecified atom stereocenters. The lowest BCUT2D eigenvalue weighted by atomic mass is 9.77. The zero-order valence-electron chi connectivity index (χ0n) is 11.9. The van der Waals surface area contributed by atoms with Crippen molar-refractivity contribution in [3.8, 4) is 0 Å². The van der Waals surface area contributed by atoms with Crippen LogP contribution in [0.4, 0.5) is 0 Å². The van der Waals surface area contributed by atoms with Gasteiger partial charge in [0.1, 0.15) is 0 Å². The zero-order valence-corrected chi connectivity index (χ0v) is 11.9. The van der Waals surface area contributed by atoms with E-state index in [9.17, 15) is 0 Å². The third-order valence-electron chi connectivity index (χ3n) is 5.48. The van der Waals surface area contributed by atoms with Gasteiger partial charge in [0.15, 0.2) is 0 Å². The lowest BCUT2D eigenvalue weighted by Gasteiger charge is -2.45. The van der Waals surface area contributed by atoms with Crippen LogP contribution in [0.3, 0.4) is 0 Å². The molecule has 4 rings (SSSR count). The maximum Gasteiger partial charge on any atom is 0.0224 e. The Morgan fingerprint density at radius 2 is 2.11 bits per heavy atom. The first-order valence-electron chi connectivity index (χ1n) is 7.87. The maximum absolute atomic E-state index is 2.76. The molecule has 19 heavy (non-hydrogen) atoms. The highest BCUT2D eigenvalue weighted by atomic mass is 15.3. The van der Waals surface area contributed by atoms with Gasteiger partial charge >= 0.3 is 0 Å². The zero-order chi connectivity index (χ0) is 12.8. The molecule has 102 valence electrons. The Kier molecular flexibility index (Phi) is 2.89. The van der Waals surface area contributed by atoms with Crippen molar-refractivity contribution in [2.24, 2.45) is 0 Å². The van der Waals surface area contributed by atoms with Gasteiger partial charge in [-0.2, -0.15) is 0 Å². The standard InChI is InChI=1S/C17H24N2/c1-13-10-18-8-4-6-16(18)12-19(13)11-15-9-14-5-2-3-7-17(14)15/h2-3,5,7,13,15-16H,4,6,8-12H2,1H3. The number of hydrogen-bond donors (Lipinski definition) is 0. The number of hydrogen-bond acceptors (Lipinski definition) is 2. The van der Waals surface area contributed by atoms with E-state index >= 15 is 0 Å². The summed E-state index contributed by atoms with van der Waals surface area (Å²) in [7, 11) is 0. The smallest absolute Gasteiger partial charge is 0.0224 e. The first kappa shape index (κ1) is 11.9. The minimum absolute atomic E-state index is 0.738. The van der Waals surface area contributed by atoms with E-state index in [2.05, 4.69) is 41.0 Å². The van der Waals surface area contributed by atoms with Crippen LogP contribution in [0.25, 0.3) is 0 Å². The second kappa shape index (κ2) is 4.60. The van der Waals surface area contributed by atoms with Crippen molar-refractivity contribution < 1.29 is 0 Å². The van der Waals surface area contributed by atoms with Crippen LogP contribution in [0, 0.1) is 0 Å². The van der Waals surface area contributed by atoms with E-state index in [4.69, 9.17) is 0 Å². The molecule has 2 saturated heterocycles. The molecule has 2 heteroatoms. The Hall–Kier alpha value is -0.860. The summed E-state index contributed by atoms with van der Waals surface area (Å²) in [5.41, 5.74) is 3.20. The Balaban J connectivity index is 1.43. The van der Waals surface area contributed by atoms with Gasteiger partial charge in [0.05, 0.1) is 0 Å². The van der Waals surface area contributed by atoms with E-state index in [1.807, 2.05) is 0 Å². The summed E-state index contributed by atoms with van der Waals surface area (Å²) in [6.07, 6.45) is 4.13. The lowest BCUT2D eigenvalue weighted by molar-refractivity contribution is 0.0533. The Bertz CT molecular complexity index is 470. The van der Waals surface area contributed by atoms with Gasteiger partial charge in [-0.15, -0.1) is 0 Å². The number of piperazine rings is 1. The molecule has 0 bridgehead atoms. The highest BCUT2D eigenvalue weighted by molar-refractivity contribution is 5.40. The predicted molar refractivity (Wildman–Crippen MR) is 78.5 cm³/mol. The molecule has 2 nitrogen and oxygen atoms in total. The fourth-order valence-corrected chi connectivity index (χ4v) is 4.31. The van der Waals surface area contributed by atoms with Crippen LogP contribution in [-0.2, 0) is 6.42 Å². The predicted octanol–water partition coefficient (Wildman–Crippen LogP) is 2.49. The average molecular weight is 256 g/mol. The van der Waals surface area contributed by atoms with Gasteiger partial charge in [-0.25, -0.2) is 0 Å². The van der Waals surface area contributed by atoms with Crippen LogP contribution in [0.15, 0.2) is 24.3 Å². The summed E-state index contributed by atoms with van der Waals surface area (Å²) in [6, 6.07) is 10.6. The van der Waals surface area contributed by atoms with Crippen molar-refractivity contribution in [1.82, 2.24) is 9.80 Å². The molecular weight excluding hydrogens is 232 g/mol. The SMILES string of the molecule is CC1CN2CCCC2CN1CC1Cc2ccccc21. The molecule has 1 aromatic carbocycles. The van der Waals surface area contributed by atoms with Crippen molar-refractivity contribution in [1.29, 1.82) is 0 Å². The van der Waals surface area contributed by atoms with Crippen molar-refractivity contribution in [3.63, 3.8) is 0 Å². The van der Waals surface area contributed by atoms with E-state index in [1.165, 1.54) is 45.4 Å². The fraction of sp³-hybridized carbons (Fsp3) is 0.647. The first-order chi connectivity index (χ1) is 9.31. The van der Waals surface area contributed by atoms with Crippen molar-refractivity contribution in [2.75, 3.05) is 26.2 Å². The van der Waals surface area contributed by atoms with E-state index < -0.39 is 0 Å². The number of rotatable bonds is 2. The highest BCUT2D eigenvalue weighted by Crippen LogP contribution is 2.36. The van der Waals surface area contributed by atoms with Gasteiger partial charge in [-0.05, 0) is 43.9 Å². The fourth-order valence-electron chi connectivity index (χ4n) is 4.31. The third kappa shape index (κ3) is 2.02. The summed E-state index contributed by atoms with van der Waals surface area (Å²) < 4.78 is 0. The second-order valence-electron chi connectivity index (χ2n) is 6.69. The van der Waals surface area contributed by atoms with Gasteiger partial charge in [-0.1, -0.05) is 24.3 Å². The largest absolute Gasteiger partial charge is 0.298 e. The van der Waals surface area contributed by atoms with E-state index in [1.54, 1.807) is 11.1 Å². The van der Waals surface area contributed by atoms with Gasteiger partial charge in [0, 0.05) is 37.6 Å². The van der Waals surface area contributed by atoms with Crippen LogP contribution in [0.5, 0.6) is 0 Å². The van der Waals surface area contributed by atoms with E-state index in [0.29, 0.717) is 0 Å². The molecule has 0 radical (unpaired) electrons. The van der Waals surface area contributed by atoms with Gasteiger partial charge < -0.3 is 0 Å². The lowest BCUT2D eigenvalue weighted by Crippen LogP contribution is -2.56. The monoisotopic (exact) mass is 256 g/mol. The molecule has 0 aromatic heterocycles. The number of nitrogens with zero attached hydrogens (tertiary/aromatic N) is 2. The summed E-state index contributed by atoms with van der Waals surface area (Å²) in [6.45, 7) is 7.63. The van der Waals surface area contributed by atoms with E-state index in [0.717, 1.165) is 18.0 Å². The molecule has 0 saturated carbocycles. The maximum atomic E-state index is 2.76. The summed E-state index contributed by atoms with van der Waals surface area (Å²) in [5.74, 6) is 0.798. The molecule has 2 aliphatic heterocycles. The first-order valence-corrected chi connectivity index (χ1v) is 7.87. The quantitative estimate of drug-likeness (QED) is 0.802. The van der Waals surface area contributed by atoms with Crippen molar-refractivity contribution in [2.45, 2.75) is 44.2 Å². The molecule has 1 aliphatic carbocycles. The molecule has 3 atom stereocenters. The van der Waals surface area contributed by atoms with Crippen LogP contribution in [-0.4, -0.2) is 48.1 Å². The summed E-state index contributed by atoms with van der Waals surface area (Å²) in [5, 5.41) is 0. The van der Waals surface area contributed by atoms with Crippen molar-refractivity contribution in [3.05, 3.63) is 35.4 Å². The highest BCUT2D eigenvalue weighted by Gasteiger charge is 2.36. The molecule has 2 heterocycles. The topological polar surface area (TPSA) is 6.48 Å². The Morgan fingerprint density at radius 3 is 3.00 bits per heavy atom. The molecule has 0 spiro atoms. The number of benzene rings is 1. The second-order valence-corrected chi connectivity index (χ2v) is 6.69. The molecule has 2 fully saturated rings. The van der Waals surface area contributed by atoms with Gasteiger partial charge in [0.2, 0.25) is 0 Å².